The Kier molecular flexibility index (Phi) is 5.01. The summed E-state index contributed by atoms with van der Waals surface area (Å²) in [6, 6.07) is 0. The van der Waals surface area contributed by atoms with Gasteiger partial charge in [-0.15, -0.1) is 0 Å². The normalized spacial score (nSPS) is 31.1. The van der Waals surface area contributed by atoms with Gasteiger partial charge < -0.3 is 0 Å². The van der Waals surface area contributed by atoms with Gasteiger partial charge in [-0.2, -0.15) is 0 Å². The van der Waals surface area contributed by atoms with Gasteiger partial charge in [-0.25, -0.2) is 0 Å². The lowest BCUT2D eigenvalue weighted by Gasteiger charge is -2.37. The minimum absolute atomic E-state index is 0.215. The molecule has 1 rings (SSSR count). The molecule has 0 N–H and O–H groups in total. The van der Waals surface area contributed by atoms with Crippen LogP contribution in [0, 0.1) is 29.6 Å². The SMILES string of the molecule is CC(C)C(=O)C[C@@H]1CC[C@H](C)C[C@H]1C(C)C. The molecule has 0 aromatic heterocycles. The van der Waals surface area contributed by atoms with E-state index in [1.807, 2.05) is 13.8 Å². The number of hydrogen-bond donors (Lipinski definition) is 0. The summed E-state index contributed by atoms with van der Waals surface area (Å²) in [5, 5.41) is 0. The molecule has 1 aliphatic carbocycles. The summed E-state index contributed by atoms with van der Waals surface area (Å²) in [4.78, 5) is 11.9. The van der Waals surface area contributed by atoms with Gasteiger partial charge in [0.2, 0.25) is 0 Å². The zero-order chi connectivity index (χ0) is 12.3. The quantitative estimate of drug-likeness (QED) is 0.695. The van der Waals surface area contributed by atoms with Gasteiger partial charge in [-0.05, 0) is 36.5 Å². The third-order valence-corrected chi connectivity index (χ3v) is 4.27. The average Bonchev–Trinajstić information content (AvgIpc) is 2.20. The van der Waals surface area contributed by atoms with Crippen molar-refractivity contribution >= 4 is 5.78 Å². The van der Waals surface area contributed by atoms with Gasteiger partial charge in [-0.1, -0.05) is 41.0 Å². The molecule has 0 unspecified atom stereocenters. The minimum atomic E-state index is 0.215. The van der Waals surface area contributed by atoms with E-state index in [-0.39, 0.29) is 5.92 Å². The number of ketones is 1. The molecule has 1 aliphatic rings. The molecule has 0 radical (unpaired) electrons. The molecule has 94 valence electrons. The number of carbonyl (C=O) groups excluding carboxylic acids is 1. The van der Waals surface area contributed by atoms with Crippen LogP contribution in [0.25, 0.3) is 0 Å². The Morgan fingerprint density at radius 2 is 1.81 bits per heavy atom. The molecule has 16 heavy (non-hydrogen) atoms. The smallest absolute Gasteiger partial charge is 0.135 e. The maximum absolute atomic E-state index is 11.9. The number of hydrogen-bond acceptors (Lipinski definition) is 1. The van der Waals surface area contributed by atoms with Crippen LogP contribution in [0.3, 0.4) is 0 Å². The predicted molar refractivity (Wildman–Crippen MR) is 69.3 cm³/mol. The molecule has 0 aliphatic heterocycles. The maximum Gasteiger partial charge on any atom is 0.135 e. The van der Waals surface area contributed by atoms with E-state index < -0.39 is 0 Å². The monoisotopic (exact) mass is 224 g/mol. The lowest BCUT2D eigenvalue weighted by Crippen LogP contribution is -2.30. The van der Waals surface area contributed by atoms with E-state index in [4.69, 9.17) is 0 Å². The lowest BCUT2D eigenvalue weighted by molar-refractivity contribution is -0.123. The van der Waals surface area contributed by atoms with Crippen molar-refractivity contribution < 1.29 is 4.79 Å². The van der Waals surface area contributed by atoms with Gasteiger partial charge in [-0.3, -0.25) is 4.79 Å². The number of Topliss-reactive ketones (excluding diaryl/α,β-unsaturated/α-hetero) is 1. The Balaban J connectivity index is 2.59. The molecule has 3 atom stereocenters. The molecule has 0 bridgehead atoms. The highest BCUT2D eigenvalue weighted by Gasteiger charge is 2.32. The topological polar surface area (TPSA) is 17.1 Å². The molecule has 0 heterocycles. The van der Waals surface area contributed by atoms with Gasteiger partial charge in [0.25, 0.3) is 0 Å². The third kappa shape index (κ3) is 3.61. The van der Waals surface area contributed by atoms with Crippen LogP contribution in [0.5, 0.6) is 0 Å². The summed E-state index contributed by atoms with van der Waals surface area (Å²) in [5.74, 6) is 3.69. The van der Waals surface area contributed by atoms with Crippen molar-refractivity contribution in [3.8, 4) is 0 Å². The molecule has 0 aromatic carbocycles. The summed E-state index contributed by atoms with van der Waals surface area (Å²) in [7, 11) is 0. The second kappa shape index (κ2) is 5.84. The van der Waals surface area contributed by atoms with Gasteiger partial charge in [0.15, 0.2) is 0 Å². The standard InChI is InChI=1S/C15H28O/c1-10(2)14-8-12(5)6-7-13(14)9-15(16)11(3)4/h10-14H,6-9H2,1-5H3/t12-,13-,14-/m0/s1. The van der Waals surface area contributed by atoms with E-state index in [9.17, 15) is 4.79 Å². The first-order valence-electron chi connectivity index (χ1n) is 6.94. The van der Waals surface area contributed by atoms with Crippen molar-refractivity contribution in [1.82, 2.24) is 0 Å². The molecule has 0 saturated heterocycles. The fourth-order valence-corrected chi connectivity index (χ4v) is 3.05. The molecule has 1 saturated carbocycles. The first-order chi connectivity index (χ1) is 7.41. The average molecular weight is 224 g/mol. The highest BCUT2D eigenvalue weighted by Crippen LogP contribution is 2.40. The highest BCUT2D eigenvalue weighted by atomic mass is 16.1. The Morgan fingerprint density at radius 3 is 2.31 bits per heavy atom. The van der Waals surface area contributed by atoms with Crippen LogP contribution in [0.4, 0.5) is 0 Å². The molecule has 1 fully saturated rings. The minimum Gasteiger partial charge on any atom is -0.299 e. The molecule has 0 spiro atoms. The Labute approximate surface area is 101 Å². The zero-order valence-corrected chi connectivity index (χ0v) is 11.6. The van der Waals surface area contributed by atoms with E-state index in [2.05, 4.69) is 20.8 Å². The summed E-state index contributed by atoms with van der Waals surface area (Å²) in [6.45, 7) is 11.0. The van der Waals surface area contributed by atoms with E-state index in [0.717, 1.165) is 24.2 Å². The molecule has 1 nitrogen and oxygen atoms in total. The fraction of sp³-hybridized carbons (Fsp3) is 0.933. The molecular weight excluding hydrogens is 196 g/mol. The summed E-state index contributed by atoms with van der Waals surface area (Å²) in [6.07, 6.45) is 4.74. The Bertz CT molecular complexity index is 230. The lowest BCUT2D eigenvalue weighted by atomic mass is 9.68. The van der Waals surface area contributed by atoms with Gasteiger partial charge in [0.1, 0.15) is 5.78 Å². The third-order valence-electron chi connectivity index (χ3n) is 4.27. The van der Waals surface area contributed by atoms with Crippen molar-refractivity contribution in [2.75, 3.05) is 0 Å². The molecule has 0 amide bonds. The van der Waals surface area contributed by atoms with Crippen molar-refractivity contribution in [2.24, 2.45) is 29.6 Å². The van der Waals surface area contributed by atoms with Crippen molar-refractivity contribution in [3.05, 3.63) is 0 Å². The van der Waals surface area contributed by atoms with Crippen LogP contribution < -0.4 is 0 Å². The Hall–Kier alpha value is -0.330. The van der Waals surface area contributed by atoms with Crippen molar-refractivity contribution in [3.63, 3.8) is 0 Å². The van der Waals surface area contributed by atoms with Gasteiger partial charge >= 0.3 is 0 Å². The van der Waals surface area contributed by atoms with Gasteiger partial charge in [0.05, 0.1) is 0 Å². The number of carbonyl (C=O) groups is 1. The Morgan fingerprint density at radius 1 is 1.19 bits per heavy atom. The van der Waals surface area contributed by atoms with E-state index >= 15 is 0 Å². The van der Waals surface area contributed by atoms with E-state index in [1.54, 1.807) is 0 Å². The highest BCUT2D eigenvalue weighted by molar-refractivity contribution is 5.80. The van der Waals surface area contributed by atoms with E-state index in [0.29, 0.717) is 11.7 Å². The van der Waals surface area contributed by atoms with Crippen LogP contribution >= 0.6 is 0 Å². The maximum atomic E-state index is 11.9. The predicted octanol–water partition coefficient (Wildman–Crippen LogP) is 4.31. The molecular formula is C15H28O. The van der Waals surface area contributed by atoms with Crippen LogP contribution in [0.15, 0.2) is 0 Å². The molecule has 0 aromatic rings. The van der Waals surface area contributed by atoms with Crippen LogP contribution in [-0.2, 0) is 4.79 Å². The molecule has 1 heteroatoms. The van der Waals surface area contributed by atoms with Crippen molar-refractivity contribution in [2.45, 2.75) is 60.3 Å². The van der Waals surface area contributed by atoms with E-state index in [1.165, 1.54) is 19.3 Å². The fourth-order valence-electron chi connectivity index (χ4n) is 3.05. The second-order valence-electron chi connectivity index (χ2n) is 6.41. The first-order valence-corrected chi connectivity index (χ1v) is 6.94. The summed E-state index contributed by atoms with van der Waals surface area (Å²) < 4.78 is 0. The second-order valence-corrected chi connectivity index (χ2v) is 6.41. The zero-order valence-electron chi connectivity index (χ0n) is 11.6. The summed E-state index contributed by atoms with van der Waals surface area (Å²) in [5.41, 5.74) is 0. The number of rotatable bonds is 4. The van der Waals surface area contributed by atoms with Crippen LogP contribution in [0.2, 0.25) is 0 Å². The first kappa shape index (κ1) is 13.7. The van der Waals surface area contributed by atoms with Crippen molar-refractivity contribution in [1.29, 1.82) is 0 Å². The van der Waals surface area contributed by atoms with Crippen LogP contribution in [-0.4, -0.2) is 5.78 Å². The summed E-state index contributed by atoms with van der Waals surface area (Å²) >= 11 is 0. The largest absolute Gasteiger partial charge is 0.299 e. The van der Waals surface area contributed by atoms with Crippen LogP contribution in [0.1, 0.15) is 60.3 Å². The van der Waals surface area contributed by atoms with Gasteiger partial charge in [0, 0.05) is 12.3 Å².